The molecule has 0 radical (unpaired) electrons. The van der Waals surface area contributed by atoms with Crippen LogP contribution >= 0.6 is 11.3 Å². The van der Waals surface area contributed by atoms with Crippen molar-refractivity contribution in [1.82, 2.24) is 10.3 Å². The number of thiazole rings is 1. The average molecular weight is 319 g/mol. The molecule has 0 aromatic carbocycles. The lowest BCUT2D eigenvalue weighted by molar-refractivity contribution is -0.124. The van der Waals surface area contributed by atoms with Gasteiger partial charge in [0.05, 0.1) is 0 Å². The number of terminal acetylenes is 1. The molecule has 1 aliphatic rings. The highest BCUT2D eigenvalue weighted by Crippen LogP contribution is 2.35. The normalized spacial score (nSPS) is 14.1. The van der Waals surface area contributed by atoms with Gasteiger partial charge >= 0.3 is 0 Å². The van der Waals surface area contributed by atoms with Crippen molar-refractivity contribution in [3.8, 4) is 12.3 Å². The molecule has 2 heterocycles. The summed E-state index contributed by atoms with van der Waals surface area (Å²) in [6, 6.07) is 0. The monoisotopic (exact) mass is 319 g/mol. The molecule has 0 aliphatic carbocycles. The molecule has 2 rings (SSSR count). The molecule has 1 aromatic rings. The van der Waals surface area contributed by atoms with Gasteiger partial charge in [0.1, 0.15) is 0 Å². The largest absolute Gasteiger partial charge is 0.356 e. The Balaban J connectivity index is 1.56. The Hall–Kier alpha value is -2.27. The summed E-state index contributed by atoms with van der Waals surface area (Å²) in [5, 5.41) is 15.7. The van der Waals surface area contributed by atoms with E-state index in [1.165, 1.54) is 11.3 Å². The number of anilines is 1. The minimum absolute atomic E-state index is 0.127. The molecule has 116 valence electrons. The third kappa shape index (κ3) is 5.26. The van der Waals surface area contributed by atoms with E-state index >= 15 is 0 Å². The number of hydrogen-bond acceptors (Lipinski definition) is 6. The van der Waals surface area contributed by atoms with Crippen LogP contribution in [0.15, 0.2) is 21.8 Å². The fraction of sp³-hybridized carbons (Fsp3) is 0.500. The molecule has 2 N–H and O–H groups in total. The molecule has 8 heteroatoms. The third-order valence-corrected chi connectivity index (χ3v) is 3.85. The van der Waals surface area contributed by atoms with Gasteiger partial charge in [-0.3, -0.25) is 9.59 Å². The van der Waals surface area contributed by atoms with E-state index < -0.39 is 0 Å². The lowest BCUT2D eigenvalue weighted by Gasteiger charge is -2.09. The average Bonchev–Trinajstić information content (AvgIpc) is 3.08. The summed E-state index contributed by atoms with van der Waals surface area (Å²) in [7, 11) is 0. The molecular weight excluding hydrogens is 302 g/mol. The van der Waals surface area contributed by atoms with Gasteiger partial charge in [0.2, 0.25) is 11.8 Å². The maximum absolute atomic E-state index is 11.7. The van der Waals surface area contributed by atoms with Crippen molar-refractivity contribution in [2.45, 2.75) is 37.8 Å². The van der Waals surface area contributed by atoms with Crippen molar-refractivity contribution in [2.24, 2.45) is 10.2 Å². The first-order valence-electron chi connectivity index (χ1n) is 6.97. The van der Waals surface area contributed by atoms with Crippen molar-refractivity contribution < 1.29 is 9.59 Å². The van der Waals surface area contributed by atoms with Gasteiger partial charge in [-0.15, -0.1) is 23.7 Å². The van der Waals surface area contributed by atoms with Crippen LogP contribution in [-0.4, -0.2) is 29.0 Å². The minimum Gasteiger partial charge on any atom is -0.356 e. The molecule has 1 aliphatic heterocycles. The first-order chi connectivity index (χ1) is 10.6. The van der Waals surface area contributed by atoms with Gasteiger partial charge in [-0.25, -0.2) is 4.98 Å². The Morgan fingerprint density at radius 2 is 2.05 bits per heavy atom. The molecule has 0 saturated carbocycles. The quantitative estimate of drug-likeness (QED) is 0.681. The lowest BCUT2D eigenvalue weighted by atomic mass is 10.0. The standard InChI is InChI=1S/C14H17N5O2S/c1-2-3-6-14(18-19-14)7-8-15-11(20)4-5-12(21)17-13-16-9-10-22-13/h1,9-10H,3-8H2,(H,15,20)(H,16,17,21). The first-order valence-corrected chi connectivity index (χ1v) is 7.85. The second-order valence-corrected chi connectivity index (χ2v) is 5.77. The Labute approximate surface area is 132 Å². The summed E-state index contributed by atoms with van der Waals surface area (Å²) < 4.78 is 0. The number of nitrogens with zero attached hydrogens (tertiary/aromatic N) is 3. The van der Waals surface area contributed by atoms with E-state index in [1.807, 2.05) is 0 Å². The predicted octanol–water partition coefficient (Wildman–Crippen LogP) is 1.94. The molecule has 7 nitrogen and oxygen atoms in total. The second-order valence-electron chi connectivity index (χ2n) is 4.87. The van der Waals surface area contributed by atoms with E-state index in [4.69, 9.17) is 6.42 Å². The van der Waals surface area contributed by atoms with E-state index in [0.717, 1.165) is 6.42 Å². The Morgan fingerprint density at radius 1 is 1.27 bits per heavy atom. The highest BCUT2D eigenvalue weighted by molar-refractivity contribution is 7.13. The summed E-state index contributed by atoms with van der Waals surface area (Å²) in [4.78, 5) is 27.2. The minimum atomic E-state index is -0.387. The van der Waals surface area contributed by atoms with Gasteiger partial charge in [-0.05, 0) is 0 Å². The van der Waals surface area contributed by atoms with Crippen LogP contribution in [0.2, 0.25) is 0 Å². The van der Waals surface area contributed by atoms with Gasteiger partial charge < -0.3 is 10.6 Å². The Kier molecular flexibility index (Phi) is 5.61. The number of carbonyl (C=O) groups excluding carboxylic acids is 2. The van der Waals surface area contributed by atoms with Crippen LogP contribution in [0.4, 0.5) is 5.13 Å². The number of hydrogen-bond donors (Lipinski definition) is 2. The van der Waals surface area contributed by atoms with E-state index in [9.17, 15) is 9.59 Å². The summed E-state index contributed by atoms with van der Waals surface area (Å²) in [6.45, 7) is 0.477. The molecular formula is C14H17N5O2S. The molecule has 0 bridgehead atoms. The smallest absolute Gasteiger partial charge is 0.226 e. The van der Waals surface area contributed by atoms with Crippen molar-refractivity contribution in [1.29, 1.82) is 0 Å². The summed E-state index contributed by atoms with van der Waals surface area (Å²) in [5.74, 6) is 2.17. The van der Waals surface area contributed by atoms with Crippen molar-refractivity contribution >= 4 is 28.3 Å². The molecule has 0 fully saturated rings. The zero-order chi connectivity index (χ0) is 15.8. The molecule has 22 heavy (non-hydrogen) atoms. The highest BCUT2D eigenvalue weighted by Gasteiger charge is 2.38. The van der Waals surface area contributed by atoms with Crippen LogP contribution in [0.5, 0.6) is 0 Å². The van der Waals surface area contributed by atoms with Crippen LogP contribution in [-0.2, 0) is 9.59 Å². The van der Waals surface area contributed by atoms with Gasteiger partial charge in [0.25, 0.3) is 0 Å². The Morgan fingerprint density at radius 3 is 2.68 bits per heavy atom. The van der Waals surface area contributed by atoms with Gasteiger partial charge in [-0.2, -0.15) is 10.2 Å². The fourth-order valence-electron chi connectivity index (χ4n) is 1.85. The summed E-state index contributed by atoms with van der Waals surface area (Å²) in [6.07, 6.45) is 9.07. The maximum atomic E-state index is 11.7. The third-order valence-electron chi connectivity index (χ3n) is 3.16. The zero-order valence-corrected chi connectivity index (χ0v) is 12.9. The molecule has 2 amide bonds. The zero-order valence-electron chi connectivity index (χ0n) is 12.0. The highest BCUT2D eigenvalue weighted by atomic mass is 32.1. The first kappa shape index (κ1) is 16.1. The van der Waals surface area contributed by atoms with Crippen LogP contribution in [0.25, 0.3) is 0 Å². The topological polar surface area (TPSA) is 95.8 Å². The van der Waals surface area contributed by atoms with Crippen LogP contribution < -0.4 is 10.6 Å². The van der Waals surface area contributed by atoms with E-state index in [0.29, 0.717) is 24.5 Å². The second kappa shape index (κ2) is 7.66. The lowest BCUT2D eigenvalue weighted by Crippen LogP contribution is -2.29. The van der Waals surface area contributed by atoms with Gasteiger partial charge in [0.15, 0.2) is 10.8 Å². The molecule has 0 unspecified atom stereocenters. The number of aromatic nitrogens is 1. The van der Waals surface area contributed by atoms with Gasteiger partial charge in [-0.1, -0.05) is 0 Å². The fourth-order valence-corrected chi connectivity index (χ4v) is 2.40. The van der Waals surface area contributed by atoms with Gasteiger partial charge in [0, 0.05) is 50.2 Å². The maximum Gasteiger partial charge on any atom is 0.226 e. The SMILES string of the molecule is C#CCCC1(CCNC(=O)CCC(=O)Nc2nccs2)N=N1. The molecule has 0 spiro atoms. The van der Waals surface area contributed by atoms with E-state index in [1.54, 1.807) is 11.6 Å². The van der Waals surface area contributed by atoms with E-state index in [2.05, 4.69) is 31.8 Å². The van der Waals surface area contributed by atoms with Crippen molar-refractivity contribution in [2.75, 3.05) is 11.9 Å². The molecule has 0 atom stereocenters. The molecule has 0 saturated heterocycles. The Bertz CT molecular complexity index is 585. The van der Waals surface area contributed by atoms with Crippen LogP contribution in [0.3, 0.4) is 0 Å². The van der Waals surface area contributed by atoms with E-state index in [-0.39, 0.29) is 30.3 Å². The van der Waals surface area contributed by atoms with Crippen molar-refractivity contribution in [3.63, 3.8) is 0 Å². The predicted molar refractivity (Wildman–Crippen MR) is 83.3 cm³/mol. The number of rotatable bonds is 9. The number of nitrogens with one attached hydrogen (secondary N) is 2. The van der Waals surface area contributed by atoms with Crippen LogP contribution in [0.1, 0.15) is 32.1 Å². The summed E-state index contributed by atoms with van der Waals surface area (Å²) >= 11 is 1.34. The molecule has 1 aromatic heterocycles. The summed E-state index contributed by atoms with van der Waals surface area (Å²) in [5.41, 5.74) is -0.387. The van der Waals surface area contributed by atoms with Crippen LogP contribution in [0, 0.1) is 12.3 Å². The number of carbonyl (C=O) groups is 2. The number of amides is 2. The van der Waals surface area contributed by atoms with Crippen molar-refractivity contribution in [3.05, 3.63) is 11.6 Å².